The van der Waals surface area contributed by atoms with Crippen molar-refractivity contribution in [3.05, 3.63) is 36.1 Å². The van der Waals surface area contributed by atoms with Crippen molar-refractivity contribution < 1.29 is 22.4 Å². The van der Waals surface area contributed by atoms with E-state index in [0.29, 0.717) is 37.5 Å². The molecule has 0 aliphatic carbocycles. The van der Waals surface area contributed by atoms with E-state index in [-0.39, 0.29) is 0 Å². The average molecular weight is 369 g/mol. The molecule has 1 amide bonds. The standard InChI is InChI=1S/C18H22F3N3O2/c1-12(15-10-13-4-2-3-5-14(13)26-15)17(25)23-11-16(18(19,20)21)24-8-6-22-7-9-24/h2-5,10,12,16,22H,6-9,11H2,1H3,(H,23,25). The van der Waals surface area contributed by atoms with Gasteiger partial charge in [0.25, 0.3) is 0 Å². The third kappa shape index (κ3) is 4.19. The van der Waals surface area contributed by atoms with E-state index in [1.54, 1.807) is 19.1 Å². The molecule has 0 radical (unpaired) electrons. The molecule has 1 saturated heterocycles. The Bertz CT molecular complexity index is 720. The van der Waals surface area contributed by atoms with Gasteiger partial charge in [-0.15, -0.1) is 0 Å². The zero-order valence-electron chi connectivity index (χ0n) is 14.5. The molecule has 1 aliphatic heterocycles. The number of amides is 1. The minimum absolute atomic E-state index is 0.305. The number of carbonyl (C=O) groups is 1. The van der Waals surface area contributed by atoms with Gasteiger partial charge in [0.1, 0.15) is 17.4 Å². The van der Waals surface area contributed by atoms with Gasteiger partial charge in [0.2, 0.25) is 5.91 Å². The second-order valence-electron chi connectivity index (χ2n) is 6.50. The maximum atomic E-state index is 13.4. The van der Waals surface area contributed by atoms with Crippen LogP contribution >= 0.6 is 0 Å². The van der Waals surface area contributed by atoms with Crippen molar-refractivity contribution >= 4 is 16.9 Å². The Labute approximate surface area is 149 Å². The Morgan fingerprint density at radius 3 is 2.65 bits per heavy atom. The Hall–Kier alpha value is -2.06. The first-order valence-electron chi connectivity index (χ1n) is 8.64. The lowest BCUT2D eigenvalue weighted by Gasteiger charge is -2.36. The molecule has 3 rings (SSSR count). The summed E-state index contributed by atoms with van der Waals surface area (Å²) in [6, 6.07) is 7.38. The Morgan fingerprint density at radius 2 is 2.00 bits per heavy atom. The molecule has 2 aromatic rings. The number of fused-ring (bicyclic) bond motifs is 1. The second kappa shape index (κ2) is 7.67. The third-order valence-electron chi connectivity index (χ3n) is 4.70. The average Bonchev–Trinajstić information content (AvgIpc) is 3.05. The van der Waals surface area contributed by atoms with Crippen LogP contribution in [-0.4, -0.2) is 55.7 Å². The van der Waals surface area contributed by atoms with Gasteiger partial charge in [-0.1, -0.05) is 18.2 Å². The van der Waals surface area contributed by atoms with Crippen LogP contribution in [0.1, 0.15) is 18.6 Å². The molecule has 1 aromatic carbocycles. The van der Waals surface area contributed by atoms with Crippen molar-refractivity contribution in [1.29, 1.82) is 0 Å². The van der Waals surface area contributed by atoms with Gasteiger partial charge in [-0.2, -0.15) is 13.2 Å². The molecule has 2 N–H and O–H groups in total. The molecule has 2 atom stereocenters. The summed E-state index contributed by atoms with van der Waals surface area (Å²) < 4.78 is 45.8. The first-order chi connectivity index (χ1) is 12.4. The van der Waals surface area contributed by atoms with Crippen LogP contribution in [-0.2, 0) is 4.79 Å². The SMILES string of the molecule is CC(C(=O)NCC(N1CCNCC1)C(F)(F)F)c1cc2ccccc2o1. The van der Waals surface area contributed by atoms with Crippen LogP contribution in [0, 0.1) is 0 Å². The number of hydrogen-bond acceptors (Lipinski definition) is 4. The Morgan fingerprint density at radius 1 is 1.31 bits per heavy atom. The fourth-order valence-electron chi connectivity index (χ4n) is 3.14. The molecule has 2 unspecified atom stereocenters. The predicted molar refractivity (Wildman–Crippen MR) is 91.9 cm³/mol. The number of furan rings is 1. The van der Waals surface area contributed by atoms with Crippen LogP contribution in [0.25, 0.3) is 11.0 Å². The molecular weight excluding hydrogens is 347 g/mol. The third-order valence-corrected chi connectivity index (χ3v) is 4.70. The molecule has 2 heterocycles. The lowest BCUT2D eigenvalue weighted by atomic mass is 10.1. The van der Waals surface area contributed by atoms with E-state index in [2.05, 4.69) is 10.6 Å². The highest BCUT2D eigenvalue weighted by molar-refractivity contribution is 5.85. The summed E-state index contributed by atoms with van der Waals surface area (Å²) in [4.78, 5) is 13.7. The summed E-state index contributed by atoms with van der Waals surface area (Å²) >= 11 is 0. The fourth-order valence-corrected chi connectivity index (χ4v) is 3.14. The molecule has 1 fully saturated rings. The van der Waals surface area contributed by atoms with Crippen LogP contribution in [0.4, 0.5) is 13.2 Å². The minimum Gasteiger partial charge on any atom is -0.460 e. The number of nitrogens with zero attached hydrogens (tertiary/aromatic N) is 1. The number of nitrogens with one attached hydrogen (secondary N) is 2. The highest BCUT2D eigenvalue weighted by atomic mass is 19.4. The predicted octanol–water partition coefficient (Wildman–Crippen LogP) is 2.49. The molecule has 1 aromatic heterocycles. The largest absolute Gasteiger partial charge is 0.460 e. The van der Waals surface area contributed by atoms with E-state index < -0.39 is 30.6 Å². The van der Waals surface area contributed by atoms with Gasteiger partial charge in [-0.05, 0) is 19.1 Å². The first-order valence-corrected chi connectivity index (χ1v) is 8.64. The van der Waals surface area contributed by atoms with E-state index >= 15 is 0 Å². The van der Waals surface area contributed by atoms with Gasteiger partial charge in [-0.3, -0.25) is 9.69 Å². The number of benzene rings is 1. The fraction of sp³-hybridized carbons (Fsp3) is 0.500. The number of carbonyl (C=O) groups excluding carboxylic acids is 1. The quantitative estimate of drug-likeness (QED) is 0.850. The number of hydrogen-bond donors (Lipinski definition) is 2. The van der Waals surface area contributed by atoms with Crippen LogP contribution in [0.3, 0.4) is 0 Å². The van der Waals surface area contributed by atoms with Gasteiger partial charge in [-0.25, -0.2) is 0 Å². The highest BCUT2D eigenvalue weighted by Crippen LogP contribution is 2.27. The van der Waals surface area contributed by atoms with Gasteiger partial charge >= 0.3 is 6.18 Å². The summed E-state index contributed by atoms with van der Waals surface area (Å²) in [5, 5.41) is 6.34. The Balaban J connectivity index is 1.65. The van der Waals surface area contributed by atoms with E-state index in [4.69, 9.17) is 4.42 Å². The monoisotopic (exact) mass is 369 g/mol. The zero-order valence-corrected chi connectivity index (χ0v) is 14.5. The van der Waals surface area contributed by atoms with Gasteiger partial charge < -0.3 is 15.1 Å². The van der Waals surface area contributed by atoms with E-state index in [0.717, 1.165) is 5.39 Å². The van der Waals surface area contributed by atoms with Crippen LogP contribution in [0.2, 0.25) is 0 Å². The summed E-state index contributed by atoms with van der Waals surface area (Å²) in [6.45, 7) is 2.79. The van der Waals surface area contributed by atoms with Crippen molar-refractivity contribution in [2.75, 3.05) is 32.7 Å². The zero-order chi connectivity index (χ0) is 18.7. The summed E-state index contributed by atoms with van der Waals surface area (Å²) in [5.41, 5.74) is 0.649. The topological polar surface area (TPSA) is 57.5 Å². The number of halogens is 3. The minimum atomic E-state index is -4.40. The van der Waals surface area contributed by atoms with Gasteiger partial charge in [0, 0.05) is 38.1 Å². The normalized spacial score (nSPS) is 18.6. The number of alkyl halides is 3. The molecule has 0 bridgehead atoms. The van der Waals surface area contributed by atoms with Gasteiger partial charge in [0.05, 0.1) is 5.92 Å². The van der Waals surface area contributed by atoms with E-state index in [1.165, 1.54) is 4.90 Å². The van der Waals surface area contributed by atoms with Crippen molar-refractivity contribution in [2.45, 2.75) is 25.1 Å². The second-order valence-corrected chi connectivity index (χ2v) is 6.50. The van der Waals surface area contributed by atoms with Crippen molar-refractivity contribution in [3.63, 3.8) is 0 Å². The molecule has 26 heavy (non-hydrogen) atoms. The smallest absolute Gasteiger partial charge is 0.405 e. The maximum Gasteiger partial charge on any atom is 0.405 e. The number of piperazine rings is 1. The van der Waals surface area contributed by atoms with Crippen molar-refractivity contribution in [2.24, 2.45) is 0 Å². The molecule has 0 spiro atoms. The summed E-state index contributed by atoms with van der Waals surface area (Å²) in [5.74, 6) is -0.706. The first kappa shape index (κ1) is 18.7. The van der Waals surface area contributed by atoms with Gasteiger partial charge in [0.15, 0.2) is 0 Å². The molecule has 0 saturated carbocycles. The van der Waals surface area contributed by atoms with Crippen LogP contribution in [0.5, 0.6) is 0 Å². The lowest BCUT2D eigenvalue weighted by Crippen LogP contribution is -2.57. The molecule has 8 heteroatoms. The van der Waals surface area contributed by atoms with Crippen molar-refractivity contribution in [3.8, 4) is 0 Å². The van der Waals surface area contributed by atoms with Crippen molar-refractivity contribution in [1.82, 2.24) is 15.5 Å². The number of rotatable bonds is 5. The van der Waals surface area contributed by atoms with Crippen LogP contribution < -0.4 is 10.6 Å². The molecular formula is C18H22F3N3O2. The van der Waals surface area contributed by atoms with E-state index in [1.807, 2.05) is 18.2 Å². The molecule has 142 valence electrons. The molecule has 5 nitrogen and oxygen atoms in total. The number of para-hydroxylation sites is 1. The molecule has 1 aliphatic rings. The lowest BCUT2D eigenvalue weighted by molar-refractivity contribution is -0.184. The summed E-state index contributed by atoms with van der Waals surface area (Å²) in [7, 11) is 0. The van der Waals surface area contributed by atoms with E-state index in [9.17, 15) is 18.0 Å². The maximum absolute atomic E-state index is 13.4. The summed E-state index contributed by atoms with van der Waals surface area (Å²) in [6.07, 6.45) is -4.40. The van der Waals surface area contributed by atoms with Crippen LogP contribution in [0.15, 0.2) is 34.7 Å². The highest BCUT2D eigenvalue weighted by Gasteiger charge is 2.44. The Kier molecular flexibility index (Phi) is 5.52.